The highest BCUT2D eigenvalue weighted by atomic mass is 35.5. The zero-order chi connectivity index (χ0) is 52.4. The minimum atomic E-state index is -0.527. The number of halogens is 3. The molecule has 74 heavy (non-hydrogen) atoms. The van der Waals surface area contributed by atoms with Gasteiger partial charge in [-0.15, -0.1) is 0 Å². The van der Waals surface area contributed by atoms with E-state index in [4.69, 9.17) is 56.7 Å². The number of hydrogen-bond acceptors (Lipinski definition) is 19. The van der Waals surface area contributed by atoms with Crippen LogP contribution < -0.4 is 37.9 Å². The standard InChI is InChI=1S/C17H15ClN4O2S2.2C16H13ClN4OS2/c1-24-13-7-6-12(8-20-13)21-16-14(15(19)23)17(22-26-16)25-9-10-2-4-11(18)5-3-10;17-11-3-1-10(2-4-11)9-23-16-13(14(18)22)15(24-21-16)20-12-5-7-19-8-6-12;17-12-4-2-1-3-10(12)9-23-16-13(14(18)22)15(24-21-16)20-11-5-7-19-8-6-11/h2-8,21H,9H2,1H3,(H2,19,23);2*1-8H,9H2,(H2,18,22)(H,19,20). The first-order valence-corrected chi connectivity index (χ1v) is 27.9. The van der Waals surface area contributed by atoms with Gasteiger partial charge in [0.2, 0.25) is 5.88 Å². The highest BCUT2D eigenvalue weighted by molar-refractivity contribution is 7.99. The summed E-state index contributed by atoms with van der Waals surface area (Å²) in [5, 5.41) is 15.2. The Kier molecular flexibility index (Phi) is 20.7. The SMILES string of the molecule is COc1ccc(Nc2snc(SCc3ccc(Cl)cc3)c2C(N)=O)cn1.NC(=O)c1c(SCc2ccc(Cl)cc2)nsc1Nc1ccncc1.NC(=O)c1c(SCc2ccccc2Cl)nsc1Nc1ccncc1. The van der Waals surface area contributed by atoms with E-state index < -0.39 is 17.7 Å². The second kappa shape index (κ2) is 27.7. The van der Waals surface area contributed by atoms with Gasteiger partial charge in [-0.2, -0.15) is 13.1 Å². The molecule has 9 N–H and O–H groups in total. The summed E-state index contributed by atoms with van der Waals surface area (Å²) in [7, 11) is 1.55. The van der Waals surface area contributed by atoms with Crippen LogP contribution in [0.25, 0.3) is 0 Å². The third-order valence-corrected chi connectivity index (χ3v) is 16.3. The molecule has 0 aliphatic rings. The summed E-state index contributed by atoms with van der Waals surface area (Å²) in [5.74, 6) is 0.912. The zero-order valence-electron chi connectivity index (χ0n) is 38.5. The Hall–Kier alpha value is -6.47. The summed E-state index contributed by atoms with van der Waals surface area (Å²) >= 11 is 25.9. The molecule has 16 nitrogen and oxygen atoms in total. The number of rotatable bonds is 19. The van der Waals surface area contributed by atoms with Gasteiger partial charge in [-0.3, -0.25) is 24.4 Å². The topological polar surface area (TPSA) is 252 Å². The van der Waals surface area contributed by atoms with Gasteiger partial charge in [0, 0.05) is 74.6 Å². The van der Waals surface area contributed by atoms with Gasteiger partial charge in [0.05, 0.1) is 19.0 Å². The van der Waals surface area contributed by atoms with Crippen molar-refractivity contribution in [1.82, 2.24) is 28.1 Å². The molecular formula is C49H41Cl3N12O4S6. The van der Waals surface area contributed by atoms with E-state index in [2.05, 4.69) is 44.0 Å². The Morgan fingerprint density at radius 3 is 1.31 bits per heavy atom. The molecule has 9 rings (SSSR count). The molecular weight excluding hydrogens is 1120 g/mol. The van der Waals surface area contributed by atoms with Crippen molar-refractivity contribution >= 4 is 154 Å². The molecule has 6 heterocycles. The average molecular weight is 1160 g/mol. The second-order valence-corrected chi connectivity index (χ2v) is 21.3. The molecule has 0 atom stereocenters. The fourth-order valence-electron chi connectivity index (χ4n) is 6.09. The molecule has 0 saturated heterocycles. The van der Waals surface area contributed by atoms with Gasteiger partial charge in [0.1, 0.15) is 46.8 Å². The van der Waals surface area contributed by atoms with Crippen LogP contribution in [0, 0.1) is 0 Å². The summed E-state index contributed by atoms with van der Waals surface area (Å²) in [6.45, 7) is 0. The van der Waals surface area contributed by atoms with Crippen LogP contribution in [0.15, 0.2) is 155 Å². The van der Waals surface area contributed by atoms with Gasteiger partial charge in [-0.1, -0.05) is 113 Å². The number of nitrogens with two attached hydrogens (primary N) is 3. The average Bonchev–Trinajstić information content (AvgIpc) is 4.14. The first kappa shape index (κ1) is 55.3. The highest BCUT2D eigenvalue weighted by Gasteiger charge is 2.22. The van der Waals surface area contributed by atoms with E-state index in [0.717, 1.165) is 28.1 Å². The number of ether oxygens (including phenoxy) is 1. The molecule has 0 aliphatic heterocycles. The van der Waals surface area contributed by atoms with Crippen LogP contribution in [0.2, 0.25) is 15.1 Å². The Morgan fingerprint density at radius 1 is 0.527 bits per heavy atom. The van der Waals surface area contributed by atoms with Crippen LogP contribution in [-0.4, -0.2) is 52.9 Å². The number of primary amides is 3. The number of amides is 3. The second-order valence-electron chi connectivity index (χ2n) is 14.8. The van der Waals surface area contributed by atoms with E-state index >= 15 is 0 Å². The maximum absolute atomic E-state index is 11.9. The number of methoxy groups -OCH3 is 1. The van der Waals surface area contributed by atoms with E-state index in [0.29, 0.717) is 90.7 Å². The molecule has 0 aliphatic carbocycles. The van der Waals surface area contributed by atoms with Gasteiger partial charge in [0.15, 0.2) is 0 Å². The summed E-state index contributed by atoms with van der Waals surface area (Å²) in [6.07, 6.45) is 8.29. The number of anilines is 6. The van der Waals surface area contributed by atoms with E-state index in [-0.39, 0.29) is 0 Å². The van der Waals surface area contributed by atoms with Crippen LogP contribution in [0.4, 0.5) is 32.1 Å². The molecule has 3 aromatic carbocycles. The Bertz CT molecular complexity index is 3280. The number of carbonyl (C=O) groups is 3. The molecule has 3 amide bonds. The number of hydrogen-bond donors (Lipinski definition) is 6. The molecule has 0 spiro atoms. The predicted molar refractivity (Wildman–Crippen MR) is 304 cm³/mol. The lowest BCUT2D eigenvalue weighted by Crippen LogP contribution is -2.13. The molecule has 378 valence electrons. The van der Waals surface area contributed by atoms with Gasteiger partial charge in [0.25, 0.3) is 17.7 Å². The van der Waals surface area contributed by atoms with Crippen molar-refractivity contribution in [2.75, 3.05) is 23.1 Å². The van der Waals surface area contributed by atoms with E-state index in [9.17, 15) is 14.4 Å². The van der Waals surface area contributed by atoms with Crippen molar-refractivity contribution in [3.05, 3.63) is 189 Å². The predicted octanol–water partition coefficient (Wildman–Crippen LogP) is 13.0. The maximum atomic E-state index is 11.9. The molecule has 25 heteroatoms. The van der Waals surface area contributed by atoms with Crippen molar-refractivity contribution in [3.8, 4) is 5.88 Å². The first-order valence-electron chi connectivity index (χ1n) is 21.4. The van der Waals surface area contributed by atoms with Crippen LogP contribution >= 0.6 is 105 Å². The number of pyridine rings is 3. The van der Waals surface area contributed by atoms with Crippen molar-refractivity contribution in [3.63, 3.8) is 0 Å². The lowest BCUT2D eigenvalue weighted by molar-refractivity contribution is 0.0990. The highest BCUT2D eigenvalue weighted by Crippen LogP contribution is 2.38. The molecule has 0 bridgehead atoms. The summed E-state index contributed by atoms with van der Waals surface area (Å²) < 4.78 is 18.1. The van der Waals surface area contributed by atoms with Crippen molar-refractivity contribution in [2.45, 2.75) is 32.3 Å². The normalized spacial score (nSPS) is 10.5. The van der Waals surface area contributed by atoms with Crippen LogP contribution in [0.3, 0.4) is 0 Å². The van der Waals surface area contributed by atoms with E-state index in [1.165, 1.54) is 69.9 Å². The van der Waals surface area contributed by atoms with Gasteiger partial charge in [-0.05, 0) is 112 Å². The number of benzene rings is 3. The van der Waals surface area contributed by atoms with Crippen LogP contribution in [0.1, 0.15) is 47.8 Å². The quantitative estimate of drug-likeness (QED) is 0.0412. The molecule has 0 unspecified atom stereocenters. The zero-order valence-corrected chi connectivity index (χ0v) is 45.7. The van der Waals surface area contributed by atoms with Gasteiger partial charge < -0.3 is 37.9 Å². The largest absolute Gasteiger partial charge is 0.481 e. The van der Waals surface area contributed by atoms with Gasteiger partial charge in [-0.25, -0.2) is 4.98 Å². The van der Waals surface area contributed by atoms with Crippen LogP contribution in [-0.2, 0) is 17.3 Å². The molecule has 0 fully saturated rings. The fraction of sp³-hybridized carbons (Fsp3) is 0.0816. The van der Waals surface area contributed by atoms with Crippen molar-refractivity contribution in [1.29, 1.82) is 0 Å². The smallest absolute Gasteiger partial charge is 0.254 e. The minimum absolute atomic E-state index is 0.379. The lowest BCUT2D eigenvalue weighted by atomic mass is 10.2. The molecule has 9 aromatic rings. The monoisotopic (exact) mass is 1160 g/mol. The summed E-state index contributed by atoms with van der Waals surface area (Å²) in [5.41, 5.74) is 23.4. The molecule has 0 saturated carbocycles. The third-order valence-electron chi connectivity index (χ3n) is 9.70. The van der Waals surface area contributed by atoms with Crippen molar-refractivity contribution < 1.29 is 19.1 Å². The Balaban J connectivity index is 0.000000162. The van der Waals surface area contributed by atoms with Crippen molar-refractivity contribution in [2.24, 2.45) is 17.2 Å². The number of carbonyl (C=O) groups excluding carboxylic acids is 3. The molecule has 6 aromatic heterocycles. The van der Waals surface area contributed by atoms with Crippen LogP contribution in [0.5, 0.6) is 5.88 Å². The first-order chi connectivity index (χ1) is 35.8. The number of nitrogens with one attached hydrogen (secondary N) is 3. The summed E-state index contributed by atoms with van der Waals surface area (Å²) in [4.78, 5) is 47.7. The number of nitrogens with zero attached hydrogens (tertiary/aromatic N) is 6. The van der Waals surface area contributed by atoms with E-state index in [1.54, 1.807) is 62.4 Å². The van der Waals surface area contributed by atoms with Gasteiger partial charge >= 0.3 is 0 Å². The maximum Gasteiger partial charge on any atom is 0.254 e. The Labute approximate surface area is 465 Å². The number of thioether (sulfide) groups is 3. The minimum Gasteiger partial charge on any atom is -0.481 e. The number of aromatic nitrogens is 6. The lowest BCUT2D eigenvalue weighted by Gasteiger charge is -2.06. The molecule has 0 radical (unpaired) electrons. The van der Waals surface area contributed by atoms with E-state index in [1.807, 2.05) is 84.9 Å². The third kappa shape index (κ3) is 16.0. The summed E-state index contributed by atoms with van der Waals surface area (Å²) in [6, 6.07) is 33.5. The Morgan fingerprint density at radius 2 is 0.932 bits per heavy atom. The fourth-order valence-corrected chi connectivity index (χ4v) is 12.5.